The molecule has 0 radical (unpaired) electrons. The minimum Gasteiger partial charge on any atom is -0.462 e. The minimum absolute atomic E-state index is 0.310. The summed E-state index contributed by atoms with van der Waals surface area (Å²) in [5.41, 5.74) is 0. The maximum absolute atomic E-state index is 11.1. The Morgan fingerprint density at radius 1 is 1.36 bits per heavy atom. The summed E-state index contributed by atoms with van der Waals surface area (Å²) in [6, 6.07) is -0.310. The van der Waals surface area contributed by atoms with E-state index in [4.69, 9.17) is 0 Å². The topological polar surface area (TPSA) is 75.6 Å². The highest BCUT2D eigenvalue weighted by molar-refractivity contribution is 6.32. The summed E-state index contributed by atoms with van der Waals surface area (Å²) in [6.45, 7) is 0. The molecule has 0 saturated heterocycles. The molecule has 5 heteroatoms. The second kappa shape index (κ2) is 4.95. The molecule has 1 saturated carbocycles. The van der Waals surface area contributed by atoms with E-state index >= 15 is 0 Å². The zero-order valence-corrected chi connectivity index (χ0v) is 8.16. The molecule has 1 rings (SSSR count). The number of hydrogen-bond acceptors (Lipinski definition) is 4. The highest BCUT2D eigenvalue weighted by Gasteiger charge is 2.26. The molecule has 2 N–H and O–H groups in total. The summed E-state index contributed by atoms with van der Waals surface area (Å²) in [5.74, 6) is -1.69. The van der Waals surface area contributed by atoms with Crippen LogP contribution in [0.25, 0.3) is 0 Å². The molecule has 1 amide bonds. The standard InChI is InChI=1S/C9H15NO4/c1-14-9(13)8(12)10-6-4-2-3-5-7(6)11/h6-7,11H,2-5H2,1H3,(H,10,12). The zero-order chi connectivity index (χ0) is 10.6. The lowest BCUT2D eigenvalue weighted by Crippen LogP contribution is -2.47. The van der Waals surface area contributed by atoms with E-state index in [1.165, 1.54) is 0 Å². The molecule has 0 aliphatic heterocycles. The molecule has 0 aromatic rings. The molecule has 2 unspecified atom stereocenters. The summed E-state index contributed by atoms with van der Waals surface area (Å²) in [6.07, 6.45) is 2.77. The van der Waals surface area contributed by atoms with E-state index < -0.39 is 18.0 Å². The fraction of sp³-hybridized carbons (Fsp3) is 0.778. The van der Waals surface area contributed by atoms with Crippen LogP contribution in [0.15, 0.2) is 0 Å². The van der Waals surface area contributed by atoms with Crippen LogP contribution >= 0.6 is 0 Å². The van der Waals surface area contributed by atoms with Crippen LogP contribution < -0.4 is 5.32 Å². The van der Waals surface area contributed by atoms with Gasteiger partial charge in [-0.1, -0.05) is 12.8 Å². The van der Waals surface area contributed by atoms with E-state index in [1.807, 2.05) is 0 Å². The smallest absolute Gasteiger partial charge is 0.396 e. The van der Waals surface area contributed by atoms with Crippen molar-refractivity contribution in [3.05, 3.63) is 0 Å². The second-order valence-corrected chi connectivity index (χ2v) is 3.42. The Balaban J connectivity index is 2.42. The van der Waals surface area contributed by atoms with Gasteiger partial charge in [0.25, 0.3) is 0 Å². The highest BCUT2D eigenvalue weighted by Crippen LogP contribution is 2.18. The van der Waals surface area contributed by atoms with Crippen LogP contribution in [0.3, 0.4) is 0 Å². The van der Waals surface area contributed by atoms with Crippen LogP contribution in [0, 0.1) is 0 Å². The predicted octanol–water partition coefficient (Wildman–Crippen LogP) is -0.421. The number of rotatable bonds is 1. The molecule has 0 bridgehead atoms. The largest absolute Gasteiger partial charge is 0.462 e. The van der Waals surface area contributed by atoms with Gasteiger partial charge in [-0.15, -0.1) is 0 Å². The lowest BCUT2D eigenvalue weighted by molar-refractivity contribution is -0.153. The summed E-state index contributed by atoms with van der Waals surface area (Å²) in [4.78, 5) is 21.9. The first-order valence-electron chi connectivity index (χ1n) is 4.72. The fourth-order valence-electron chi connectivity index (χ4n) is 1.60. The predicted molar refractivity (Wildman–Crippen MR) is 48.4 cm³/mol. The molecule has 14 heavy (non-hydrogen) atoms. The van der Waals surface area contributed by atoms with Gasteiger partial charge in [0.15, 0.2) is 0 Å². The van der Waals surface area contributed by atoms with Crippen LogP contribution in [0.2, 0.25) is 0 Å². The highest BCUT2D eigenvalue weighted by atomic mass is 16.5. The van der Waals surface area contributed by atoms with Crippen LogP contribution in [0.5, 0.6) is 0 Å². The van der Waals surface area contributed by atoms with Crippen LogP contribution in [-0.4, -0.2) is 36.2 Å². The van der Waals surface area contributed by atoms with E-state index in [0.29, 0.717) is 12.8 Å². The van der Waals surface area contributed by atoms with Gasteiger partial charge in [-0.05, 0) is 12.8 Å². The number of ether oxygens (including phenoxy) is 1. The quantitative estimate of drug-likeness (QED) is 0.446. The van der Waals surface area contributed by atoms with Gasteiger partial charge in [0.05, 0.1) is 19.3 Å². The van der Waals surface area contributed by atoms with Gasteiger partial charge in [0.1, 0.15) is 0 Å². The van der Waals surface area contributed by atoms with Gasteiger partial charge < -0.3 is 15.2 Å². The number of hydrogen-bond donors (Lipinski definition) is 2. The molecule has 0 spiro atoms. The van der Waals surface area contributed by atoms with E-state index in [1.54, 1.807) is 0 Å². The first-order chi connectivity index (χ1) is 6.65. The first-order valence-corrected chi connectivity index (χ1v) is 4.72. The molecule has 5 nitrogen and oxygen atoms in total. The lowest BCUT2D eigenvalue weighted by atomic mass is 9.92. The zero-order valence-electron chi connectivity index (χ0n) is 8.16. The monoisotopic (exact) mass is 201 g/mol. The number of aliphatic hydroxyl groups is 1. The van der Waals surface area contributed by atoms with Crippen LogP contribution in [-0.2, 0) is 14.3 Å². The Kier molecular flexibility index (Phi) is 3.88. The summed E-state index contributed by atoms with van der Waals surface area (Å²) in [7, 11) is 1.15. The lowest BCUT2D eigenvalue weighted by Gasteiger charge is -2.27. The number of carbonyl (C=O) groups excluding carboxylic acids is 2. The third kappa shape index (κ3) is 2.70. The van der Waals surface area contributed by atoms with Gasteiger partial charge in [0, 0.05) is 0 Å². The van der Waals surface area contributed by atoms with Crippen molar-refractivity contribution in [1.29, 1.82) is 0 Å². The molecule has 1 aliphatic rings. The third-order valence-corrected chi connectivity index (χ3v) is 2.42. The Morgan fingerprint density at radius 2 is 2.00 bits per heavy atom. The number of nitrogens with one attached hydrogen (secondary N) is 1. The Hall–Kier alpha value is -1.10. The van der Waals surface area contributed by atoms with Crippen molar-refractivity contribution in [3.8, 4) is 0 Å². The number of methoxy groups -OCH3 is 1. The van der Waals surface area contributed by atoms with E-state index in [0.717, 1.165) is 20.0 Å². The van der Waals surface area contributed by atoms with Crippen molar-refractivity contribution in [1.82, 2.24) is 5.32 Å². The molecule has 0 aromatic carbocycles. The van der Waals surface area contributed by atoms with Crippen molar-refractivity contribution in [2.45, 2.75) is 37.8 Å². The number of amides is 1. The first kappa shape index (κ1) is 11.0. The van der Waals surface area contributed by atoms with E-state index in [2.05, 4.69) is 10.1 Å². The summed E-state index contributed by atoms with van der Waals surface area (Å²) < 4.78 is 4.26. The second-order valence-electron chi connectivity index (χ2n) is 3.42. The third-order valence-electron chi connectivity index (χ3n) is 2.42. The fourth-order valence-corrected chi connectivity index (χ4v) is 1.60. The molecule has 1 fully saturated rings. The van der Waals surface area contributed by atoms with Gasteiger partial charge in [-0.25, -0.2) is 4.79 Å². The van der Waals surface area contributed by atoms with Crippen molar-refractivity contribution >= 4 is 11.9 Å². The molecule has 0 heterocycles. The number of esters is 1. The van der Waals surface area contributed by atoms with E-state index in [-0.39, 0.29) is 6.04 Å². The number of carbonyl (C=O) groups is 2. The average Bonchev–Trinajstić information content (AvgIpc) is 2.20. The molecular formula is C9H15NO4. The van der Waals surface area contributed by atoms with Crippen LogP contribution in [0.4, 0.5) is 0 Å². The Morgan fingerprint density at radius 3 is 2.57 bits per heavy atom. The normalized spacial score (nSPS) is 26.7. The molecule has 80 valence electrons. The maximum Gasteiger partial charge on any atom is 0.396 e. The van der Waals surface area contributed by atoms with Crippen molar-refractivity contribution in [2.75, 3.05) is 7.11 Å². The van der Waals surface area contributed by atoms with Crippen molar-refractivity contribution in [3.63, 3.8) is 0 Å². The molecule has 1 aliphatic carbocycles. The summed E-state index contributed by atoms with van der Waals surface area (Å²) in [5, 5.41) is 12.0. The Labute approximate surface area is 82.4 Å². The average molecular weight is 201 g/mol. The summed E-state index contributed by atoms with van der Waals surface area (Å²) >= 11 is 0. The Bertz CT molecular complexity index is 229. The molecule has 2 atom stereocenters. The van der Waals surface area contributed by atoms with Crippen molar-refractivity contribution in [2.24, 2.45) is 0 Å². The minimum atomic E-state index is -0.914. The maximum atomic E-state index is 11.1. The SMILES string of the molecule is COC(=O)C(=O)NC1CCCCC1O. The number of aliphatic hydroxyl groups excluding tert-OH is 1. The van der Waals surface area contributed by atoms with Gasteiger partial charge in [-0.3, -0.25) is 4.79 Å². The van der Waals surface area contributed by atoms with Gasteiger partial charge in [-0.2, -0.15) is 0 Å². The van der Waals surface area contributed by atoms with Crippen molar-refractivity contribution < 1.29 is 19.4 Å². The van der Waals surface area contributed by atoms with Crippen LogP contribution in [0.1, 0.15) is 25.7 Å². The molecule has 0 aromatic heterocycles. The van der Waals surface area contributed by atoms with E-state index in [9.17, 15) is 14.7 Å². The molecular weight excluding hydrogens is 186 g/mol. The van der Waals surface area contributed by atoms with Gasteiger partial charge in [0.2, 0.25) is 0 Å². The van der Waals surface area contributed by atoms with Gasteiger partial charge >= 0.3 is 11.9 Å².